The summed E-state index contributed by atoms with van der Waals surface area (Å²) in [7, 11) is 0. The van der Waals surface area contributed by atoms with E-state index in [0.29, 0.717) is 18.0 Å². The van der Waals surface area contributed by atoms with Crippen LogP contribution in [0.3, 0.4) is 0 Å². The van der Waals surface area contributed by atoms with Crippen molar-refractivity contribution in [3.8, 4) is 11.1 Å². The summed E-state index contributed by atoms with van der Waals surface area (Å²) in [6.45, 7) is 7.94. The summed E-state index contributed by atoms with van der Waals surface area (Å²) in [5, 5.41) is 0. The van der Waals surface area contributed by atoms with Crippen molar-refractivity contribution in [2.24, 2.45) is 11.7 Å². The highest BCUT2D eigenvalue weighted by molar-refractivity contribution is 5.89. The summed E-state index contributed by atoms with van der Waals surface area (Å²) >= 11 is 0. The molecule has 2 rings (SSSR count). The molecule has 0 radical (unpaired) electrons. The lowest BCUT2D eigenvalue weighted by molar-refractivity contribution is 0.0990. The van der Waals surface area contributed by atoms with Gasteiger partial charge in [-0.2, -0.15) is 0 Å². The summed E-state index contributed by atoms with van der Waals surface area (Å²) in [6.07, 6.45) is 1.65. The lowest BCUT2D eigenvalue weighted by Crippen LogP contribution is -2.18. The van der Waals surface area contributed by atoms with Gasteiger partial charge in [0.1, 0.15) is 5.82 Å². The van der Waals surface area contributed by atoms with Gasteiger partial charge in [0.15, 0.2) is 0 Å². The highest BCUT2D eigenvalue weighted by Gasteiger charge is 2.18. The molecule has 0 fully saturated rings. The molecule has 122 valence electrons. The number of hydrogen-bond acceptors (Lipinski definition) is 3. The molecule has 0 aliphatic carbocycles. The molecule has 0 aliphatic heterocycles. The Morgan fingerprint density at radius 1 is 1.26 bits per heavy atom. The van der Waals surface area contributed by atoms with Gasteiger partial charge in [0, 0.05) is 11.3 Å². The van der Waals surface area contributed by atoms with Gasteiger partial charge in [0.2, 0.25) is 5.82 Å². The molecule has 0 aliphatic rings. The van der Waals surface area contributed by atoms with Crippen LogP contribution >= 0.6 is 0 Å². The third-order valence-corrected chi connectivity index (χ3v) is 3.80. The average molecular weight is 315 g/mol. The summed E-state index contributed by atoms with van der Waals surface area (Å²) in [5.41, 5.74) is 9.37. The first-order chi connectivity index (χ1) is 10.8. The Balaban J connectivity index is 2.62. The van der Waals surface area contributed by atoms with Crippen LogP contribution in [0.5, 0.6) is 0 Å². The first-order valence-corrected chi connectivity index (χ1v) is 7.73. The number of aromatic nitrogens is 2. The largest absolute Gasteiger partial charge is 0.363 e. The lowest BCUT2D eigenvalue weighted by Gasteiger charge is -2.15. The third-order valence-electron chi connectivity index (χ3n) is 3.80. The monoisotopic (exact) mass is 315 g/mol. The number of nitrogens with two attached hydrogens (primary N) is 1. The summed E-state index contributed by atoms with van der Waals surface area (Å²) < 4.78 is 13.4. The number of hydrogen-bond donors (Lipinski definition) is 1. The van der Waals surface area contributed by atoms with E-state index in [9.17, 15) is 9.18 Å². The fourth-order valence-corrected chi connectivity index (χ4v) is 2.61. The second-order valence-electron chi connectivity index (χ2n) is 6.21. The fourth-order valence-electron chi connectivity index (χ4n) is 2.61. The van der Waals surface area contributed by atoms with Crippen LogP contribution in [0.1, 0.15) is 47.8 Å². The second-order valence-corrected chi connectivity index (χ2v) is 6.21. The molecule has 0 atom stereocenters. The maximum absolute atomic E-state index is 13.4. The van der Waals surface area contributed by atoms with Gasteiger partial charge >= 0.3 is 0 Å². The van der Waals surface area contributed by atoms with Gasteiger partial charge in [-0.25, -0.2) is 14.4 Å². The zero-order chi connectivity index (χ0) is 17.1. The van der Waals surface area contributed by atoms with E-state index >= 15 is 0 Å². The molecule has 1 amide bonds. The van der Waals surface area contributed by atoms with Crippen molar-refractivity contribution in [3.05, 3.63) is 46.8 Å². The van der Waals surface area contributed by atoms with Crippen LogP contribution in [0.25, 0.3) is 11.1 Å². The number of primary amides is 1. The predicted molar refractivity (Wildman–Crippen MR) is 88.6 cm³/mol. The maximum Gasteiger partial charge on any atom is 0.286 e. The van der Waals surface area contributed by atoms with Crippen LogP contribution in [0.2, 0.25) is 0 Å². The highest BCUT2D eigenvalue weighted by Crippen LogP contribution is 2.30. The lowest BCUT2D eigenvalue weighted by atomic mass is 9.94. The SMILES string of the molecule is Cc1cc(F)ccc1-c1c(C)nc(C(N)=O)nc1CCC(C)C. The normalized spacial score (nSPS) is 11.0. The van der Waals surface area contributed by atoms with E-state index in [4.69, 9.17) is 5.73 Å². The molecule has 0 unspecified atom stereocenters. The van der Waals surface area contributed by atoms with Crippen molar-refractivity contribution in [2.75, 3.05) is 0 Å². The van der Waals surface area contributed by atoms with Crippen LogP contribution < -0.4 is 5.73 Å². The van der Waals surface area contributed by atoms with Crippen molar-refractivity contribution in [1.29, 1.82) is 0 Å². The van der Waals surface area contributed by atoms with Crippen LogP contribution in [0.4, 0.5) is 4.39 Å². The molecule has 1 aromatic carbocycles. The predicted octanol–water partition coefficient (Wildman–Crippen LogP) is 3.59. The van der Waals surface area contributed by atoms with E-state index < -0.39 is 5.91 Å². The van der Waals surface area contributed by atoms with Gasteiger partial charge in [-0.15, -0.1) is 0 Å². The van der Waals surface area contributed by atoms with E-state index in [2.05, 4.69) is 23.8 Å². The molecular weight excluding hydrogens is 293 g/mol. The second kappa shape index (κ2) is 6.86. The molecule has 1 aromatic heterocycles. The van der Waals surface area contributed by atoms with Crippen molar-refractivity contribution in [1.82, 2.24) is 9.97 Å². The van der Waals surface area contributed by atoms with Crippen molar-refractivity contribution in [2.45, 2.75) is 40.5 Å². The zero-order valence-corrected chi connectivity index (χ0v) is 14.0. The number of carbonyl (C=O) groups excluding carboxylic acids is 1. The van der Waals surface area contributed by atoms with Crippen molar-refractivity contribution in [3.63, 3.8) is 0 Å². The number of carbonyl (C=O) groups is 1. The molecule has 0 saturated heterocycles. The summed E-state index contributed by atoms with van der Waals surface area (Å²) in [5.74, 6) is -0.377. The van der Waals surface area contributed by atoms with E-state index in [1.54, 1.807) is 6.07 Å². The molecule has 2 N–H and O–H groups in total. The van der Waals surface area contributed by atoms with Gasteiger partial charge < -0.3 is 5.73 Å². The van der Waals surface area contributed by atoms with Crippen LogP contribution in [0, 0.1) is 25.6 Å². The van der Waals surface area contributed by atoms with Crippen molar-refractivity contribution >= 4 is 5.91 Å². The molecule has 2 aromatic rings. The quantitative estimate of drug-likeness (QED) is 0.916. The smallest absolute Gasteiger partial charge is 0.286 e. The van der Waals surface area contributed by atoms with E-state index in [-0.39, 0.29) is 11.6 Å². The average Bonchev–Trinajstić information content (AvgIpc) is 2.45. The minimum absolute atomic E-state index is 0.0322. The number of amides is 1. The summed E-state index contributed by atoms with van der Waals surface area (Å²) in [6, 6.07) is 4.65. The van der Waals surface area contributed by atoms with Crippen molar-refractivity contribution < 1.29 is 9.18 Å². The number of nitrogens with zero attached hydrogens (tertiary/aromatic N) is 2. The first-order valence-electron chi connectivity index (χ1n) is 7.73. The minimum Gasteiger partial charge on any atom is -0.363 e. The number of rotatable bonds is 5. The van der Waals surface area contributed by atoms with Gasteiger partial charge in [0.25, 0.3) is 5.91 Å². The van der Waals surface area contributed by atoms with Crippen LogP contribution in [0.15, 0.2) is 18.2 Å². The fraction of sp³-hybridized carbons (Fsp3) is 0.389. The molecule has 23 heavy (non-hydrogen) atoms. The Hall–Kier alpha value is -2.30. The number of benzene rings is 1. The van der Waals surface area contributed by atoms with Gasteiger partial charge in [-0.05, 0) is 55.9 Å². The van der Waals surface area contributed by atoms with Crippen LogP contribution in [-0.4, -0.2) is 15.9 Å². The minimum atomic E-state index is -0.638. The third kappa shape index (κ3) is 3.92. The van der Waals surface area contributed by atoms with Gasteiger partial charge in [-0.1, -0.05) is 19.9 Å². The molecule has 0 spiro atoms. The maximum atomic E-state index is 13.4. The topological polar surface area (TPSA) is 68.9 Å². The molecule has 0 saturated carbocycles. The van der Waals surface area contributed by atoms with E-state index in [1.165, 1.54) is 12.1 Å². The Morgan fingerprint density at radius 2 is 1.96 bits per heavy atom. The Kier molecular flexibility index (Phi) is 5.08. The number of halogens is 1. The summed E-state index contributed by atoms with van der Waals surface area (Å²) in [4.78, 5) is 20.0. The van der Waals surface area contributed by atoms with E-state index in [1.807, 2.05) is 13.8 Å². The Labute approximate surface area is 136 Å². The molecule has 1 heterocycles. The molecule has 0 bridgehead atoms. The molecular formula is C18H22FN3O. The number of aryl methyl sites for hydroxylation is 3. The zero-order valence-electron chi connectivity index (χ0n) is 14.0. The highest BCUT2D eigenvalue weighted by atomic mass is 19.1. The first kappa shape index (κ1) is 17.1. The molecule has 4 nitrogen and oxygen atoms in total. The standard InChI is InChI=1S/C18H22FN3O/c1-10(2)5-8-15-16(12(4)21-18(22-15)17(20)23)14-7-6-13(19)9-11(14)3/h6-7,9-10H,5,8H2,1-4H3,(H2,20,23). The van der Waals surface area contributed by atoms with Gasteiger partial charge in [-0.3, -0.25) is 4.79 Å². The Morgan fingerprint density at radius 3 is 2.52 bits per heavy atom. The van der Waals surface area contributed by atoms with E-state index in [0.717, 1.165) is 28.8 Å². The van der Waals surface area contributed by atoms with Crippen LogP contribution in [-0.2, 0) is 6.42 Å². The van der Waals surface area contributed by atoms with Gasteiger partial charge in [0.05, 0.1) is 5.69 Å². The molecule has 5 heteroatoms. The Bertz CT molecular complexity index is 741.